The zero-order chi connectivity index (χ0) is 22.2. The van der Waals surface area contributed by atoms with Crippen LogP contribution in [0.25, 0.3) is 0 Å². The van der Waals surface area contributed by atoms with Gasteiger partial charge in [-0.2, -0.15) is 0 Å². The summed E-state index contributed by atoms with van der Waals surface area (Å²) in [5, 5.41) is 3.26. The summed E-state index contributed by atoms with van der Waals surface area (Å²) in [6, 6.07) is 1.83. The predicted octanol–water partition coefficient (Wildman–Crippen LogP) is 2.21. The molecule has 0 spiro atoms. The molecular formula is C25H34N4O3. The fourth-order valence-electron chi connectivity index (χ4n) is 4.77. The van der Waals surface area contributed by atoms with Crippen LogP contribution in [0.2, 0.25) is 0 Å². The van der Waals surface area contributed by atoms with Gasteiger partial charge in [-0.3, -0.25) is 19.5 Å². The molecule has 1 aromatic heterocycles. The van der Waals surface area contributed by atoms with Gasteiger partial charge in [-0.05, 0) is 31.7 Å². The summed E-state index contributed by atoms with van der Waals surface area (Å²) < 4.78 is 5.38. The Morgan fingerprint density at radius 2 is 1.78 bits per heavy atom. The van der Waals surface area contributed by atoms with Gasteiger partial charge in [0, 0.05) is 57.1 Å². The number of aromatic nitrogens is 1. The van der Waals surface area contributed by atoms with E-state index in [-0.39, 0.29) is 11.8 Å². The summed E-state index contributed by atoms with van der Waals surface area (Å²) in [6.45, 7) is 5.64. The van der Waals surface area contributed by atoms with Crippen LogP contribution in [0.3, 0.4) is 0 Å². The van der Waals surface area contributed by atoms with Gasteiger partial charge in [-0.15, -0.1) is 0 Å². The lowest BCUT2D eigenvalue weighted by atomic mass is 9.82. The zero-order valence-corrected chi connectivity index (χ0v) is 18.9. The van der Waals surface area contributed by atoms with Crippen molar-refractivity contribution in [3.05, 3.63) is 29.6 Å². The Labute approximate surface area is 190 Å². The van der Waals surface area contributed by atoms with Gasteiger partial charge in [-0.25, -0.2) is 0 Å². The van der Waals surface area contributed by atoms with Gasteiger partial charge in [0.25, 0.3) is 5.91 Å². The molecule has 7 heteroatoms. The Hall–Kier alpha value is -2.43. The van der Waals surface area contributed by atoms with Gasteiger partial charge in [-0.1, -0.05) is 31.1 Å². The third-order valence-electron chi connectivity index (χ3n) is 6.67. The first-order chi connectivity index (χ1) is 15.6. The molecule has 1 N–H and O–H groups in total. The Balaban J connectivity index is 1.42. The van der Waals surface area contributed by atoms with Crippen molar-refractivity contribution in [3.8, 4) is 11.8 Å². The van der Waals surface area contributed by atoms with Crippen LogP contribution in [-0.4, -0.2) is 78.1 Å². The number of pyridine rings is 1. The quantitative estimate of drug-likeness (QED) is 0.714. The highest BCUT2D eigenvalue weighted by Gasteiger charge is 2.32. The molecule has 2 aliphatic heterocycles. The van der Waals surface area contributed by atoms with Crippen LogP contribution in [0, 0.1) is 11.8 Å². The van der Waals surface area contributed by atoms with E-state index in [0.29, 0.717) is 12.0 Å². The monoisotopic (exact) mass is 438 g/mol. The maximum atomic E-state index is 12.8. The van der Waals surface area contributed by atoms with Crippen molar-refractivity contribution in [2.75, 3.05) is 45.9 Å². The Morgan fingerprint density at radius 3 is 2.53 bits per heavy atom. The molecule has 172 valence electrons. The predicted molar refractivity (Wildman–Crippen MR) is 122 cm³/mol. The van der Waals surface area contributed by atoms with Crippen LogP contribution in [0.1, 0.15) is 67.3 Å². The molecule has 0 atom stereocenters. The number of nitrogens with zero attached hydrogens (tertiary/aromatic N) is 3. The SMILES string of the molecule is O=C(CCN1CCOCC1)NC1(C#Cc2cncc(C(=O)N3CCCC3)c2)CCCCC1. The second-order valence-electron chi connectivity index (χ2n) is 9.11. The Bertz CT molecular complexity index is 857. The third-order valence-corrected chi connectivity index (χ3v) is 6.67. The molecule has 3 heterocycles. The van der Waals surface area contributed by atoms with Gasteiger partial charge in [0.05, 0.1) is 18.8 Å². The highest BCUT2D eigenvalue weighted by molar-refractivity contribution is 5.94. The van der Waals surface area contributed by atoms with Gasteiger partial charge in [0.15, 0.2) is 0 Å². The lowest BCUT2D eigenvalue weighted by molar-refractivity contribution is -0.123. The second kappa shape index (κ2) is 10.9. The molecular weight excluding hydrogens is 404 g/mol. The van der Waals surface area contributed by atoms with Gasteiger partial charge in [0.1, 0.15) is 5.54 Å². The van der Waals surface area contributed by atoms with Gasteiger partial charge < -0.3 is 15.0 Å². The van der Waals surface area contributed by atoms with Crippen molar-refractivity contribution in [2.24, 2.45) is 0 Å². The van der Waals surface area contributed by atoms with Crippen molar-refractivity contribution < 1.29 is 14.3 Å². The Morgan fingerprint density at radius 1 is 1.03 bits per heavy atom. The lowest BCUT2D eigenvalue weighted by Crippen LogP contribution is -2.49. The first kappa shape index (κ1) is 22.8. The smallest absolute Gasteiger partial charge is 0.255 e. The van der Waals surface area contributed by atoms with E-state index in [9.17, 15) is 9.59 Å². The van der Waals surface area contributed by atoms with Crippen molar-refractivity contribution in [1.82, 2.24) is 20.1 Å². The maximum absolute atomic E-state index is 12.8. The van der Waals surface area contributed by atoms with E-state index in [4.69, 9.17) is 4.74 Å². The number of likely N-dealkylation sites (tertiary alicyclic amines) is 1. The van der Waals surface area contributed by atoms with Crippen molar-refractivity contribution >= 4 is 11.8 Å². The molecule has 0 aromatic carbocycles. The minimum absolute atomic E-state index is 0.0300. The molecule has 0 radical (unpaired) electrons. The number of ether oxygens (including phenoxy) is 1. The van der Waals surface area contributed by atoms with Crippen molar-refractivity contribution in [2.45, 2.75) is 56.9 Å². The number of rotatable bonds is 5. The average molecular weight is 439 g/mol. The number of nitrogens with one attached hydrogen (secondary N) is 1. The van der Waals surface area contributed by atoms with E-state index in [1.807, 2.05) is 11.0 Å². The number of hydrogen-bond acceptors (Lipinski definition) is 5. The zero-order valence-electron chi connectivity index (χ0n) is 18.9. The van der Waals surface area contributed by atoms with Crippen LogP contribution in [0.15, 0.2) is 18.5 Å². The number of amides is 2. The van der Waals surface area contributed by atoms with Crippen LogP contribution < -0.4 is 5.32 Å². The van der Waals surface area contributed by atoms with Gasteiger partial charge >= 0.3 is 0 Å². The highest BCUT2D eigenvalue weighted by Crippen LogP contribution is 2.28. The van der Waals surface area contributed by atoms with Crippen LogP contribution in [0.5, 0.6) is 0 Å². The van der Waals surface area contributed by atoms with E-state index in [1.165, 1.54) is 6.42 Å². The summed E-state index contributed by atoms with van der Waals surface area (Å²) in [5.74, 6) is 6.69. The molecule has 1 saturated carbocycles. The molecule has 1 aromatic rings. The minimum atomic E-state index is -0.491. The van der Waals surface area contributed by atoms with E-state index in [2.05, 4.69) is 27.0 Å². The first-order valence-corrected chi connectivity index (χ1v) is 12.0. The molecule has 3 aliphatic rings. The number of morpholine rings is 1. The summed E-state index contributed by atoms with van der Waals surface area (Å²) in [7, 11) is 0. The van der Waals surface area contributed by atoms with Crippen molar-refractivity contribution in [3.63, 3.8) is 0 Å². The normalized spacial score (nSPS) is 20.9. The fourth-order valence-corrected chi connectivity index (χ4v) is 4.77. The largest absolute Gasteiger partial charge is 0.379 e. The summed E-state index contributed by atoms with van der Waals surface area (Å²) in [4.78, 5) is 33.9. The average Bonchev–Trinajstić information content (AvgIpc) is 3.38. The molecule has 0 bridgehead atoms. The first-order valence-electron chi connectivity index (χ1n) is 12.0. The lowest BCUT2D eigenvalue weighted by Gasteiger charge is -2.34. The van der Waals surface area contributed by atoms with E-state index in [1.54, 1.807) is 12.4 Å². The Kier molecular flexibility index (Phi) is 7.77. The molecule has 1 aliphatic carbocycles. The second-order valence-corrected chi connectivity index (χ2v) is 9.11. The fraction of sp³-hybridized carbons (Fsp3) is 0.640. The highest BCUT2D eigenvalue weighted by atomic mass is 16.5. The number of carbonyl (C=O) groups is 2. The number of carbonyl (C=O) groups excluding carboxylic acids is 2. The van der Waals surface area contributed by atoms with Crippen molar-refractivity contribution in [1.29, 1.82) is 0 Å². The van der Waals surface area contributed by atoms with Crippen LogP contribution >= 0.6 is 0 Å². The number of hydrogen-bond donors (Lipinski definition) is 1. The summed E-state index contributed by atoms with van der Waals surface area (Å²) >= 11 is 0. The molecule has 7 nitrogen and oxygen atoms in total. The third kappa shape index (κ3) is 6.08. The molecule has 2 amide bonds. The molecule has 3 fully saturated rings. The topological polar surface area (TPSA) is 74.8 Å². The van der Waals surface area contributed by atoms with Gasteiger partial charge in [0.2, 0.25) is 5.91 Å². The standard InChI is InChI=1S/C25H34N4O3/c30-23(7-13-28-14-16-32-17-15-28)27-25(8-2-1-3-9-25)10-6-21-18-22(20-26-19-21)24(31)29-11-4-5-12-29/h18-20H,1-5,7-9,11-17H2,(H,27,30). The van der Waals surface area contributed by atoms with Crippen LogP contribution in [0.4, 0.5) is 0 Å². The summed E-state index contributed by atoms with van der Waals surface area (Å²) in [6.07, 6.45) is 10.9. The van der Waals surface area contributed by atoms with Crippen LogP contribution in [-0.2, 0) is 9.53 Å². The molecule has 2 saturated heterocycles. The molecule has 4 rings (SSSR count). The summed E-state index contributed by atoms with van der Waals surface area (Å²) in [5.41, 5.74) is 0.823. The van der Waals surface area contributed by atoms with E-state index in [0.717, 1.165) is 90.0 Å². The maximum Gasteiger partial charge on any atom is 0.255 e. The van der Waals surface area contributed by atoms with E-state index < -0.39 is 5.54 Å². The minimum Gasteiger partial charge on any atom is -0.379 e. The van der Waals surface area contributed by atoms with E-state index >= 15 is 0 Å². The molecule has 32 heavy (non-hydrogen) atoms. The molecule has 0 unspecified atom stereocenters.